The molecular formula is C11H9BrClNO3. The molecule has 1 aromatic carbocycles. The molecule has 1 fully saturated rings. The lowest BCUT2D eigenvalue weighted by Crippen LogP contribution is -2.16. The number of nitrogens with one attached hydrogen (secondary N) is 1. The first-order chi connectivity index (χ1) is 7.99. The quantitative estimate of drug-likeness (QED) is 0.900. The van der Waals surface area contributed by atoms with Gasteiger partial charge in [0.25, 0.3) is 0 Å². The van der Waals surface area contributed by atoms with E-state index in [4.69, 9.17) is 16.7 Å². The molecule has 0 heterocycles. The minimum Gasteiger partial charge on any atom is -0.481 e. The van der Waals surface area contributed by atoms with E-state index in [1.807, 2.05) is 0 Å². The van der Waals surface area contributed by atoms with Crippen molar-refractivity contribution in [3.8, 4) is 0 Å². The smallest absolute Gasteiger partial charge is 0.307 e. The van der Waals surface area contributed by atoms with Crippen LogP contribution in [0, 0.1) is 11.8 Å². The maximum atomic E-state index is 11.7. The van der Waals surface area contributed by atoms with E-state index in [0.29, 0.717) is 17.1 Å². The van der Waals surface area contributed by atoms with Gasteiger partial charge in [-0.25, -0.2) is 0 Å². The normalized spacial score (nSPS) is 22.0. The maximum Gasteiger partial charge on any atom is 0.307 e. The molecule has 2 N–H and O–H groups in total. The molecule has 0 spiro atoms. The predicted octanol–water partition coefficient (Wildman–Crippen LogP) is 2.76. The van der Waals surface area contributed by atoms with Gasteiger partial charge in [0.2, 0.25) is 5.91 Å². The Labute approximate surface area is 111 Å². The summed E-state index contributed by atoms with van der Waals surface area (Å²) in [7, 11) is 0. The average Bonchev–Trinajstić information content (AvgIpc) is 3.03. The Morgan fingerprint density at radius 3 is 2.65 bits per heavy atom. The molecular weight excluding hydrogens is 309 g/mol. The fraction of sp³-hybridized carbons (Fsp3) is 0.273. The molecule has 1 saturated carbocycles. The van der Waals surface area contributed by atoms with E-state index in [9.17, 15) is 9.59 Å². The highest BCUT2D eigenvalue weighted by Gasteiger charge is 2.48. The summed E-state index contributed by atoms with van der Waals surface area (Å²) < 4.78 is 0.743. The molecule has 17 heavy (non-hydrogen) atoms. The molecule has 4 nitrogen and oxygen atoms in total. The van der Waals surface area contributed by atoms with Gasteiger partial charge in [0, 0.05) is 10.2 Å². The number of rotatable bonds is 3. The Kier molecular flexibility index (Phi) is 3.40. The van der Waals surface area contributed by atoms with Gasteiger partial charge in [-0.15, -0.1) is 0 Å². The zero-order chi connectivity index (χ0) is 12.6. The molecule has 2 unspecified atom stereocenters. The summed E-state index contributed by atoms with van der Waals surface area (Å²) in [4.78, 5) is 22.3. The molecule has 0 radical (unpaired) electrons. The van der Waals surface area contributed by atoms with Crippen LogP contribution in [0.15, 0.2) is 22.7 Å². The van der Waals surface area contributed by atoms with Crippen molar-refractivity contribution in [3.05, 3.63) is 27.7 Å². The lowest BCUT2D eigenvalue weighted by atomic mass is 10.2. The Morgan fingerprint density at radius 2 is 2.12 bits per heavy atom. The molecule has 1 aliphatic rings. The number of anilines is 1. The molecule has 1 amide bonds. The number of carboxylic acid groups (broad SMARTS) is 1. The second kappa shape index (κ2) is 4.66. The highest BCUT2D eigenvalue weighted by atomic mass is 79.9. The molecule has 1 aliphatic carbocycles. The van der Waals surface area contributed by atoms with Crippen LogP contribution in [-0.4, -0.2) is 17.0 Å². The number of amides is 1. The van der Waals surface area contributed by atoms with Gasteiger partial charge >= 0.3 is 5.97 Å². The topological polar surface area (TPSA) is 66.4 Å². The number of halogens is 2. The summed E-state index contributed by atoms with van der Waals surface area (Å²) in [6, 6.07) is 5.03. The van der Waals surface area contributed by atoms with Gasteiger partial charge in [0.05, 0.1) is 16.9 Å². The van der Waals surface area contributed by atoms with Crippen molar-refractivity contribution >= 4 is 45.1 Å². The van der Waals surface area contributed by atoms with Crippen LogP contribution in [0.1, 0.15) is 6.42 Å². The van der Waals surface area contributed by atoms with Gasteiger partial charge in [-0.2, -0.15) is 0 Å². The molecule has 0 aliphatic heterocycles. The van der Waals surface area contributed by atoms with Gasteiger partial charge in [0.15, 0.2) is 0 Å². The van der Waals surface area contributed by atoms with Crippen molar-refractivity contribution in [1.29, 1.82) is 0 Å². The number of hydrogen-bond donors (Lipinski definition) is 2. The molecule has 0 aromatic heterocycles. The van der Waals surface area contributed by atoms with Gasteiger partial charge < -0.3 is 10.4 Å². The lowest BCUT2D eigenvalue weighted by molar-refractivity contribution is -0.139. The summed E-state index contributed by atoms with van der Waals surface area (Å²) in [6.45, 7) is 0. The van der Waals surface area contributed by atoms with Crippen molar-refractivity contribution in [2.75, 3.05) is 5.32 Å². The lowest BCUT2D eigenvalue weighted by Gasteiger charge is -2.05. The monoisotopic (exact) mass is 317 g/mol. The van der Waals surface area contributed by atoms with E-state index < -0.39 is 17.8 Å². The zero-order valence-corrected chi connectivity index (χ0v) is 11.0. The average molecular weight is 319 g/mol. The first kappa shape index (κ1) is 12.4. The standard InChI is InChI=1S/C11H9BrClNO3/c12-8-2-1-5(3-9(8)13)14-10(15)6-4-7(6)11(16)17/h1-3,6-7H,4H2,(H,14,15)(H,16,17). The number of carboxylic acids is 1. The largest absolute Gasteiger partial charge is 0.481 e. The van der Waals surface area contributed by atoms with Crippen LogP contribution >= 0.6 is 27.5 Å². The Hall–Kier alpha value is -1.07. The van der Waals surface area contributed by atoms with Crippen LogP contribution in [0.3, 0.4) is 0 Å². The number of aliphatic carboxylic acids is 1. The molecule has 6 heteroatoms. The van der Waals surface area contributed by atoms with E-state index in [2.05, 4.69) is 21.2 Å². The van der Waals surface area contributed by atoms with Crippen molar-refractivity contribution < 1.29 is 14.7 Å². The zero-order valence-electron chi connectivity index (χ0n) is 8.61. The van der Waals surface area contributed by atoms with E-state index in [0.717, 1.165) is 4.47 Å². The summed E-state index contributed by atoms with van der Waals surface area (Å²) in [5.41, 5.74) is 0.569. The van der Waals surface area contributed by atoms with Crippen LogP contribution < -0.4 is 5.32 Å². The second-order valence-electron chi connectivity index (χ2n) is 3.91. The van der Waals surface area contributed by atoms with Crippen molar-refractivity contribution in [2.24, 2.45) is 11.8 Å². The number of carbonyl (C=O) groups excluding carboxylic acids is 1. The summed E-state index contributed by atoms with van der Waals surface area (Å²) in [5.74, 6) is -2.15. The highest BCUT2D eigenvalue weighted by Crippen LogP contribution is 2.39. The molecule has 0 bridgehead atoms. The third-order valence-electron chi connectivity index (χ3n) is 2.63. The highest BCUT2D eigenvalue weighted by molar-refractivity contribution is 9.10. The summed E-state index contributed by atoms with van der Waals surface area (Å²) in [5, 5.41) is 11.9. The number of benzene rings is 1. The first-order valence-corrected chi connectivity index (χ1v) is 6.15. The maximum absolute atomic E-state index is 11.7. The van der Waals surface area contributed by atoms with Gasteiger partial charge in [0.1, 0.15) is 0 Å². The van der Waals surface area contributed by atoms with E-state index in [1.165, 1.54) is 0 Å². The Morgan fingerprint density at radius 1 is 1.41 bits per heavy atom. The second-order valence-corrected chi connectivity index (χ2v) is 5.17. The van der Waals surface area contributed by atoms with Gasteiger partial charge in [-0.05, 0) is 40.5 Å². The fourth-order valence-electron chi connectivity index (χ4n) is 1.57. The van der Waals surface area contributed by atoms with Crippen LogP contribution in [-0.2, 0) is 9.59 Å². The summed E-state index contributed by atoms with van der Waals surface area (Å²) in [6.07, 6.45) is 0.408. The van der Waals surface area contributed by atoms with Crippen molar-refractivity contribution in [3.63, 3.8) is 0 Å². The molecule has 2 rings (SSSR count). The Bertz CT molecular complexity index is 492. The number of hydrogen-bond acceptors (Lipinski definition) is 2. The van der Waals surface area contributed by atoms with Gasteiger partial charge in [-0.3, -0.25) is 9.59 Å². The third-order valence-corrected chi connectivity index (χ3v) is 3.86. The Balaban J connectivity index is 2.00. The fourth-order valence-corrected chi connectivity index (χ4v) is 1.99. The predicted molar refractivity (Wildman–Crippen MR) is 67.0 cm³/mol. The van der Waals surface area contributed by atoms with E-state index in [1.54, 1.807) is 18.2 Å². The van der Waals surface area contributed by atoms with E-state index >= 15 is 0 Å². The van der Waals surface area contributed by atoms with Crippen LogP contribution in [0.4, 0.5) is 5.69 Å². The van der Waals surface area contributed by atoms with Crippen LogP contribution in [0.2, 0.25) is 5.02 Å². The first-order valence-electron chi connectivity index (χ1n) is 4.98. The molecule has 2 atom stereocenters. The molecule has 0 saturated heterocycles. The minimum absolute atomic E-state index is 0.268. The van der Waals surface area contributed by atoms with Crippen LogP contribution in [0.5, 0.6) is 0 Å². The molecule has 90 valence electrons. The SMILES string of the molecule is O=C(O)C1CC1C(=O)Nc1ccc(Br)c(Cl)c1. The van der Waals surface area contributed by atoms with Crippen molar-refractivity contribution in [1.82, 2.24) is 0 Å². The number of carbonyl (C=O) groups is 2. The van der Waals surface area contributed by atoms with E-state index in [-0.39, 0.29) is 5.91 Å². The van der Waals surface area contributed by atoms with Gasteiger partial charge in [-0.1, -0.05) is 11.6 Å². The van der Waals surface area contributed by atoms with Crippen molar-refractivity contribution in [2.45, 2.75) is 6.42 Å². The minimum atomic E-state index is -0.918. The summed E-state index contributed by atoms with van der Waals surface area (Å²) >= 11 is 9.12. The third kappa shape index (κ3) is 2.79. The van der Waals surface area contributed by atoms with Crippen LogP contribution in [0.25, 0.3) is 0 Å². The molecule has 1 aromatic rings.